The molecule has 0 unspecified atom stereocenters. The Balaban J connectivity index is 2.20. The predicted octanol–water partition coefficient (Wildman–Crippen LogP) is 3.31. The first-order valence-corrected chi connectivity index (χ1v) is 6.74. The van der Waals surface area contributed by atoms with E-state index in [1.807, 2.05) is 19.2 Å². The molecule has 0 aliphatic rings. The average Bonchev–Trinajstić information content (AvgIpc) is 2.73. The van der Waals surface area contributed by atoms with Gasteiger partial charge in [-0.15, -0.1) is 11.3 Å². The average molecular weight is 282 g/mol. The number of pyridine rings is 1. The van der Waals surface area contributed by atoms with Crippen LogP contribution in [0.3, 0.4) is 0 Å². The third kappa shape index (κ3) is 3.05. The monoisotopic (exact) mass is 281 g/mol. The van der Waals surface area contributed by atoms with Crippen LogP contribution in [0.2, 0.25) is 5.15 Å². The molecule has 2 aromatic heterocycles. The SMILES string of the molecule is CCc1cc(C(=O)Nc2nc(C)cs2)cc(Cl)n1. The van der Waals surface area contributed by atoms with Gasteiger partial charge in [0.15, 0.2) is 5.13 Å². The summed E-state index contributed by atoms with van der Waals surface area (Å²) in [5, 5.41) is 5.54. The molecule has 0 aromatic carbocycles. The second-order valence-corrected chi connectivity index (χ2v) is 5.02. The number of thiazole rings is 1. The number of halogens is 1. The maximum absolute atomic E-state index is 12.0. The molecule has 0 atom stereocenters. The van der Waals surface area contributed by atoms with Crippen molar-refractivity contribution in [2.75, 3.05) is 5.32 Å². The number of rotatable bonds is 3. The molecule has 0 fully saturated rings. The number of hydrogen-bond acceptors (Lipinski definition) is 4. The summed E-state index contributed by atoms with van der Waals surface area (Å²) in [6.07, 6.45) is 0.733. The molecular weight excluding hydrogens is 270 g/mol. The van der Waals surface area contributed by atoms with E-state index < -0.39 is 0 Å². The first-order valence-electron chi connectivity index (χ1n) is 5.48. The molecule has 0 saturated carbocycles. The third-order valence-electron chi connectivity index (χ3n) is 2.31. The van der Waals surface area contributed by atoms with E-state index in [0.717, 1.165) is 17.8 Å². The molecule has 0 bridgehead atoms. The van der Waals surface area contributed by atoms with Gasteiger partial charge in [0, 0.05) is 16.6 Å². The van der Waals surface area contributed by atoms with Crippen molar-refractivity contribution < 1.29 is 4.79 Å². The van der Waals surface area contributed by atoms with Gasteiger partial charge in [0.2, 0.25) is 0 Å². The van der Waals surface area contributed by atoms with Crippen molar-refractivity contribution in [1.82, 2.24) is 9.97 Å². The molecule has 0 spiro atoms. The molecule has 4 nitrogen and oxygen atoms in total. The fourth-order valence-electron chi connectivity index (χ4n) is 1.44. The van der Waals surface area contributed by atoms with Gasteiger partial charge in [-0.2, -0.15) is 0 Å². The van der Waals surface area contributed by atoms with Crippen molar-refractivity contribution in [2.45, 2.75) is 20.3 Å². The number of hydrogen-bond donors (Lipinski definition) is 1. The minimum atomic E-state index is -0.219. The summed E-state index contributed by atoms with van der Waals surface area (Å²) in [5.41, 5.74) is 2.18. The van der Waals surface area contributed by atoms with Gasteiger partial charge in [-0.25, -0.2) is 9.97 Å². The van der Waals surface area contributed by atoms with Crippen LogP contribution in [0.15, 0.2) is 17.5 Å². The van der Waals surface area contributed by atoms with E-state index in [9.17, 15) is 4.79 Å². The van der Waals surface area contributed by atoms with Crippen LogP contribution in [0.25, 0.3) is 0 Å². The Labute approximate surface area is 114 Å². The number of amides is 1. The number of nitrogens with one attached hydrogen (secondary N) is 1. The molecular formula is C12H12ClN3OS. The molecule has 94 valence electrons. The largest absolute Gasteiger partial charge is 0.298 e. The molecule has 6 heteroatoms. The van der Waals surface area contributed by atoms with Crippen molar-refractivity contribution in [3.05, 3.63) is 39.6 Å². The summed E-state index contributed by atoms with van der Waals surface area (Å²) in [7, 11) is 0. The summed E-state index contributed by atoms with van der Waals surface area (Å²) in [4.78, 5) is 20.3. The quantitative estimate of drug-likeness (QED) is 0.878. The molecule has 2 rings (SSSR count). The Morgan fingerprint density at radius 1 is 1.44 bits per heavy atom. The van der Waals surface area contributed by atoms with Crippen molar-refractivity contribution >= 4 is 34.0 Å². The van der Waals surface area contributed by atoms with Crippen LogP contribution in [-0.4, -0.2) is 15.9 Å². The van der Waals surface area contributed by atoms with Crippen LogP contribution >= 0.6 is 22.9 Å². The van der Waals surface area contributed by atoms with Crippen LogP contribution in [0.5, 0.6) is 0 Å². The van der Waals surface area contributed by atoms with E-state index in [2.05, 4.69) is 15.3 Å². The number of carbonyl (C=O) groups excluding carboxylic acids is 1. The van der Waals surface area contributed by atoms with Gasteiger partial charge >= 0.3 is 0 Å². The summed E-state index contributed by atoms with van der Waals surface area (Å²) < 4.78 is 0. The summed E-state index contributed by atoms with van der Waals surface area (Å²) in [6.45, 7) is 3.84. The maximum atomic E-state index is 12.0. The molecule has 2 heterocycles. The molecule has 2 aromatic rings. The van der Waals surface area contributed by atoms with Gasteiger partial charge < -0.3 is 0 Å². The van der Waals surface area contributed by atoms with Crippen LogP contribution in [0, 0.1) is 6.92 Å². The van der Waals surface area contributed by atoms with Crippen molar-refractivity contribution in [3.63, 3.8) is 0 Å². The van der Waals surface area contributed by atoms with Crippen molar-refractivity contribution in [2.24, 2.45) is 0 Å². The standard InChI is InChI=1S/C12H12ClN3OS/c1-3-9-4-8(5-10(13)15-9)11(17)16-12-14-7(2)6-18-12/h4-6H,3H2,1-2H3,(H,14,16,17). The molecule has 1 N–H and O–H groups in total. The van der Waals surface area contributed by atoms with Gasteiger partial charge in [-0.3, -0.25) is 10.1 Å². The molecule has 0 aliphatic heterocycles. The van der Waals surface area contributed by atoms with Gasteiger partial charge in [-0.1, -0.05) is 18.5 Å². The molecule has 0 aliphatic carbocycles. The minimum Gasteiger partial charge on any atom is -0.298 e. The summed E-state index contributed by atoms with van der Waals surface area (Å²) >= 11 is 7.27. The van der Waals surface area contributed by atoms with E-state index in [1.165, 1.54) is 11.3 Å². The van der Waals surface area contributed by atoms with Crippen LogP contribution < -0.4 is 5.32 Å². The number of nitrogens with zero attached hydrogens (tertiary/aromatic N) is 2. The first kappa shape index (κ1) is 13.0. The smallest absolute Gasteiger partial charge is 0.257 e. The first-order chi connectivity index (χ1) is 8.58. The van der Waals surface area contributed by atoms with E-state index in [4.69, 9.17) is 11.6 Å². The number of anilines is 1. The predicted molar refractivity (Wildman–Crippen MR) is 73.4 cm³/mol. The van der Waals surface area contributed by atoms with Crippen LogP contribution in [0.4, 0.5) is 5.13 Å². The zero-order valence-electron chi connectivity index (χ0n) is 10.0. The number of aryl methyl sites for hydroxylation is 2. The van der Waals surface area contributed by atoms with Crippen molar-refractivity contribution in [1.29, 1.82) is 0 Å². The highest BCUT2D eigenvalue weighted by atomic mass is 35.5. The van der Waals surface area contributed by atoms with Crippen molar-refractivity contribution in [3.8, 4) is 0 Å². The zero-order chi connectivity index (χ0) is 13.1. The highest BCUT2D eigenvalue weighted by Gasteiger charge is 2.10. The fourth-order valence-corrected chi connectivity index (χ4v) is 2.35. The second-order valence-electron chi connectivity index (χ2n) is 3.77. The number of carbonyl (C=O) groups is 1. The normalized spacial score (nSPS) is 10.4. The third-order valence-corrected chi connectivity index (χ3v) is 3.38. The number of aromatic nitrogens is 2. The van der Waals surface area contributed by atoms with Gasteiger partial charge in [0.05, 0.1) is 5.69 Å². The Morgan fingerprint density at radius 3 is 2.83 bits per heavy atom. The summed E-state index contributed by atoms with van der Waals surface area (Å²) in [6, 6.07) is 3.29. The van der Waals surface area contributed by atoms with Gasteiger partial charge in [0.1, 0.15) is 5.15 Å². The topological polar surface area (TPSA) is 54.9 Å². The van der Waals surface area contributed by atoms with E-state index >= 15 is 0 Å². The lowest BCUT2D eigenvalue weighted by Crippen LogP contribution is -2.12. The lowest BCUT2D eigenvalue weighted by Gasteiger charge is -2.04. The Hall–Kier alpha value is -1.46. The van der Waals surface area contributed by atoms with E-state index in [-0.39, 0.29) is 5.91 Å². The van der Waals surface area contributed by atoms with Crippen LogP contribution in [0.1, 0.15) is 28.7 Å². The van der Waals surface area contributed by atoms with Crippen LogP contribution in [-0.2, 0) is 6.42 Å². The zero-order valence-corrected chi connectivity index (χ0v) is 11.6. The molecule has 0 radical (unpaired) electrons. The highest BCUT2D eigenvalue weighted by Crippen LogP contribution is 2.17. The van der Waals surface area contributed by atoms with Gasteiger partial charge in [-0.05, 0) is 25.5 Å². The van der Waals surface area contributed by atoms with Gasteiger partial charge in [0.25, 0.3) is 5.91 Å². The minimum absolute atomic E-state index is 0.219. The van der Waals surface area contributed by atoms with E-state index in [0.29, 0.717) is 15.8 Å². The highest BCUT2D eigenvalue weighted by molar-refractivity contribution is 7.13. The Bertz CT molecular complexity index is 582. The molecule has 18 heavy (non-hydrogen) atoms. The molecule has 0 saturated heterocycles. The Kier molecular flexibility index (Phi) is 3.93. The fraction of sp³-hybridized carbons (Fsp3) is 0.250. The second kappa shape index (κ2) is 5.46. The lowest BCUT2D eigenvalue weighted by molar-refractivity contribution is 0.102. The van der Waals surface area contributed by atoms with E-state index in [1.54, 1.807) is 12.1 Å². The Morgan fingerprint density at radius 2 is 2.22 bits per heavy atom. The molecule has 1 amide bonds. The lowest BCUT2D eigenvalue weighted by atomic mass is 10.2. The maximum Gasteiger partial charge on any atom is 0.257 e. The summed E-state index contributed by atoms with van der Waals surface area (Å²) in [5.74, 6) is -0.219.